The Morgan fingerprint density at radius 2 is 1.96 bits per heavy atom. The summed E-state index contributed by atoms with van der Waals surface area (Å²) in [5, 5.41) is 3.24. The predicted octanol–water partition coefficient (Wildman–Crippen LogP) is 3.92. The molecule has 132 valence electrons. The van der Waals surface area contributed by atoms with Gasteiger partial charge in [0.25, 0.3) is 0 Å². The molecule has 0 aliphatic heterocycles. The molecule has 0 heterocycles. The number of aryl methyl sites for hydroxylation is 1. The van der Waals surface area contributed by atoms with Crippen LogP contribution in [0.3, 0.4) is 0 Å². The normalized spacial score (nSPS) is 17.0. The number of sulfone groups is 1. The van der Waals surface area contributed by atoms with E-state index >= 15 is 0 Å². The molecule has 1 aliphatic rings. The zero-order valence-corrected chi connectivity index (χ0v) is 15.0. The van der Waals surface area contributed by atoms with Gasteiger partial charge in [-0.3, -0.25) is 4.79 Å². The lowest BCUT2D eigenvalue weighted by Crippen LogP contribution is -2.19. The molecule has 0 spiro atoms. The molecule has 0 radical (unpaired) electrons. The number of rotatable bonds is 4. The SMILES string of the molecule is CC(=O)c1ccc(S(C)(=O)=O)c(NC2CCCc3ccc(F)cc32)c1. The van der Waals surface area contributed by atoms with E-state index in [1.165, 1.54) is 31.2 Å². The highest BCUT2D eigenvalue weighted by molar-refractivity contribution is 7.90. The van der Waals surface area contributed by atoms with Gasteiger partial charge in [-0.25, -0.2) is 12.8 Å². The zero-order chi connectivity index (χ0) is 18.2. The predicted molar refractivity (Wildman–Crippen MR) is 95.3 cm³/mol. The van der Waals surface area contributed by atoms with E-state index in [1.54, 1.807) is 12.1 Å². The number of carbonyl (C=O) groups excluding carboxylic acids is 1. The standard InChI is InChI=1S/C19H20FNO3S/c1-12(22)14-7-9-19(25(2,23)24)18(10-14)21-17-5-3-4-13-6-8-15(20)11-16(13)17/h6-11,17,21H,3-5H2,1-2H3. The average molecular weight is 361 g/mol. The number of hydrogen-bond donors (Lipinski definition) is 1. The summed E-state index contributed by atoms with van der Waals surface area (Å²) in [4.78, 5) is 11.8. The highest BCUT2D eigenvalue weighted by Crippen LogP contribution is 2.35. The quantitative estimate of drug-likeness (QED) is 0.839. The van der Waals surface area contributed by atoms with Crippen LogP contribution in [0.4, 0.5) is 10.1 Å². The van der Waals surface area contributed by atoms with E-state index in [4.69, 9.17) is 0 Å². The number of benzene rings is 2. The van der Waals surface area contributed by atoms with Gasteiger partial charge >= 0.3 is 0 Å². The number of ketones is 1. The summed E-state index contributed by atoms with van der Waals surface area (Å²) >= 11 is 0. The van der Waals surface area contributed by atoms with E-state index in [9.17, 15) is 17.6 Å². The van der Waals surface area contributed by atoms with Crippen LogP contribution in [0.1, 0.15) is 47.3 Å². The van der Waals surface area contributed by atoms with Gasteiger partial charge in [0.15, 0.2) is 15.6 Å². The van der Waals surface area contributed by atoms with E-state index in [-0.39, 0.29) is 22.5 Å². The van der Waals surface area contributed by atoms with Crippen molar-refractivity contribution < 1.29 is 17.6 Å². The van der Waals surface area contributed by atoms with E-state index in [1.807, 2.05) is 0 Å². The third-order valence-electron chi connectivity index (χ3n) is 4.54. The Morgan fingerprint density at radius 3 is 2.64 bits per heavy atom. The average Bonchev–Trinajstić information content (AvgIpc) is 2.54. The first-order valence-electron chi connectivity index (χ1n) is 8.15. The summed E-state index contributed by atoms with van der Waals surface area (Å²) < 4.78 is 37.9. The van der Waals surface area contributed by atoms with Crippen LogP contribution < -0.4 is 5.32 Å². The van der Waals surface area contributed by atoms with Crippen LogP contribution in [0, 0.1) is 5.82 Å². The van der Waals surface area contributed by atoms with Crippen molar-refractivity contribution in [2.45, 2.75) is 37.1 Å². The third kappa shape index (κ3) is 3.74. The van der Waals surface area contributed by atoms with Crippen molar-refractivity contribution in [2.24, 2.45) is 0 Å². The fourth-order valence-electron chi connectivity index (χ4n) is 3.29. The lowest BCUT2D eigenvalue weighted by atomic mass is 9.87. The van der Waals surface area contributed by atoms with Crippen LogP contribution in [-0.2, 0) is 16.3 Å². The highest BCUT2D eigenvalue weighted by Gasteiger charge is 2.23. The molecule has 0 saturated heterocycles. The van der Waals surface area contributed by atoms with Gasteiger partial charge in [0.1, 0.15) is 5.82 Å². The van der Waals surface area contributed by atoms with Crippen LogP contribution in [0.25, 0.3) is 0 Å². The molecule has 1 atom stereocenters. The van der Waals surface area contributed by atoms with E-state index in [2.05, 4.69) is 5.32 Å². The van der Waals surface area contributed by atoms with Crippen molar-refractivity contribution in [3.8, 4) is 0 Å². The summed E-state index contributed by atoms with van der Waals surface area (Å²) in [5.41, 5.74) is 2.73. The fraction of sp³-hybridized carbons (Fsp3) is 0.316. The molecule has 2 aromatic carbocycles. The van der Waals surface area contributed by atoms with Crippen molar-refractivity contribution in [2.75, 3.05) is 11.6 Å². The number of halogens is 1. The zero-order valence-electron chi connectivity index (χ0n) is 14.2. The van der Waals surface area contributed by atoms with Crippen LogP contribution in [-0.4, -0.2) is 20.5 Å². The molecule has 4 nitrogen and oxygen atoms in total. The smallest absolute Gasteiger partial charge is 0.177 e. The van der Waals surface area contributed by atoms with Crippen LogP contribution >= 0.6 is 0 Å². The summed E-state index contributed by atoms with van der Waals surface area (Å²) in [5.74, 6) is -0.452. The van der Waals surface area contributed by atoms with Crippen molar-refractivity contribution in [1.29, 1.82) is 0 Å². The van der Waals surface area contributed by atoms with E-state index in [0.29, 0.717) is 11.3 Å². The minimum absolute atomic E-state index is 0.140. The fourth-order valence-corrected chi connectivity index (χ4v) is 4.13. The summed E-state index contributed by atoms with van der Waals surface area (Å²) in [6.07, 6.45) is 3.70. The van der Waals surface area contributed by atoms with Gasteiger partial charge in [0, 0.05) is 11.8 Å². The molecular weight excluding hydrogens is 341 g/mol. The lowest BCUT2D eigenvalue weighted by Gasteiger charge is -2.28. The Labute approximate surface area is 147 Å². The minimum atomic E-state index is -3.46. The first kappa shape index (κ1) is 17.6. The Hall–Kier alpha value is -2.21. The first-order chi connectivity index (χ1) is 11.8. The van der Waals surface area contributed by atoms with Gasteiger partial charge in [-0.05, 0) is 67.6 Å². The van der Waals surface area contributed by atoms with E-state index in [0.717, 1.165) is 36.6 Å². The van der Waals surface area contributed by atoms with Crippen molar-refractivity contribution in [3.05, 3.63) is 58.9 Å². The van der Waals surface area contributed by atoms with Crippen LogP contribution in [0.15, 0.2) is 41.3 Å². The highest BCUT2D eigenvalue weighted by atomic mass is 32.2. The Balaban J connectivity index is 2.05. The molecule has 3 rings (SSSR count). The Bertz CT molecular complexity index is 938. The number of carbonyl (C=O) groups is 1. The monoisotopic (exact) mass is 361 g/mol. The molecule has 0 amide bonds. The minimum Gasteiger partial charge on any atom is -0.377 e. The van der Waals surface area contributed by atoms with Gasteiger partial charge in [0.2, 0.25) is 0 Å². The second-order valence-corrected chi connectivity index (χ2v) is 8.46. The molecule has 0 aromatic heterocycles. The van der Waals surface area contributed by atoms with Gasteiger partial charge in [-0.1, -0.05) is 6.07 Å². The van der Waals surface area contributed by atoms with Crippen LogP contribution in [0.2, 0.25) is 0 Å². The second-order valence-electron chi connectivity index (χ2n) is 6.47. The molecular formula is C19H20FNO3S. The maximum atomic E-state index is 13.7. The summed E-state index contributed by atoms with van der Waals surface area (Å²) in [7, 11) is -3.46. The van der Waals surface area contributed by atoms with E-state index < -0.39 is 9.84 Å². The summed E-state index contributed by atoms with van der Waals surface area (Å²) in [6, 6.07) is 9.05. The largest absolute Gasteiger partial charge is 0.377 e. The molecule has 2 aromatic rings. The molecule has 6 heteroatoms. The Kier molecular flexibility index (Phi) is 4.64. The number of nitrogens with one attached hydrogen (secondary N) is 1. The molecule has 0 bridgehead atoms. The summed E-state index contributed by atoms with van der Waals surface area (Å²) in [6.45, 7) is 1.44. The molecule has 1 N–H and O–H groups in total. The first-order valence-corrected chi connectivity index (χ1v) is 10.0. The van der Waals surface area contributed by atoms with Gasteiger partial charge < -0.3 is 5.32 Å². The van der Waals surface area contributed by atoms with Crippen molar-refractivity contribution in [3.63, 3.8) is 0 Å². The van der Waals surface area contributed by atoms with Gasteiger partial charge in [-0.2, -0.15) is 0 Å². The maximum absolute atomic E-state index is 13.7. The van der Waals surface area contributed by atoms with Gasteiger partial charge in [0.05, 0.1) is 16.6 Å². The number of fused-ring (bicyclic) bond motifs is 1. The Morgan fingerprint density at radius 1 is 1.20 bits per heavy atom. The molecule has 1 aliphatic carbocycles. The van der Waals surface area contributed by atoms with Crippen molar-refractivity contribution >= 4 is 21.3 Å². The number of hydrogen-bond acceptors (Lipinski definition) is 4. The topological polar surface area (TPSA) is 63.2 Å². The van der Waals surface area contributed by atoms with Gasteiger partial charge in [-0.15, -0.1) is 0 Å². The van der Waals surface area contributed by atoms with Crippen molar-refractivity contribution in [1.82, 2.24) is 0 Å². The molecule has 0 saturated carbocycles. The lowest BCUT2D eigenvalue weighted by molar-refractivity contribution is 0.101. The molecule has 25 heavy (non-hydrogen) atoms. The molecule has 0 fully saturated rings. The maximum Gasteiger partial charge on any atom is 0.177 e. The second kappa shape index (κ2) is 6.59. The number of anilines is 1. The number of Topliss-reactive ketones (excluding diaryl/α,β-unsaturated/α-hetero) is 1. The van der Waals surface area contributed by atoms with Crippen LogP contribution in [0.5, 0.6) is 0 Å². The third-order valence-corrected chi connectivity index (χ3v) is 5.69. The molecule has 1 unspecified atom stereocenters.